The normalized spacial score (nSPS) is 12.4. The molecule has 0 saturated carbocycles. The summed E-state index contributed by atoms with van der Waals surface area (Å²) in [6.45, 7) is 5.46. The zero-order valence-corrected chi connectivity index (χ0v) is 11.5. The summed E-state index contributed by atoms with van der Waals surface area (Å²) in [6.07, 6.45) is 0.795. The molecule has 0 aliphatic heterocycles. The van der Waals surface area contributed by atoms with E-state index in [2.05, 4.69) is 16.4 Å². The number of nitrogens with zero attached hydrogens (tertiary/aromatic N) is 1. The number of aryl methyl sites for hydroxylation is 1. The van der Waals surface area contributed by atoms with E-state index in [1.165, 1.54) is 12.5 Å². The van der Waals surface area contributed by atoms with Crippen molar-refractivity contribution in [1.29, 1.82) is 0 Å². The molecule has 1 unspecified atom stereocenters. The molecule has 1 aromatic heterocycles. The van der Waals surface area contributed by atoms with Crippen LogP contribution in [0.25, 0.3) is 10.9 Å². The van der Waals surface area contributed by atoms with Gasteiger partial charge in [-0.05, 0) is 50.1 Å². The van der Waals surface area contributed by atoms with Crippen LogP contribution in [0.5, 0.6) is 0 Å². The first-order chi connectivity index (χ1) is 8.95. The lowest BCUT2D eigenvalue weighted by Gasteiger charge is -2.11. The number of aromatic nitrogens is 1. The van der Waals surface area contributed by atoms with Gasteiger partial charge in [0, 0.05) is 29.7 Å². The number of pyridine rings is 1. The second kappa shape index (κ2) is 5.36. The van der Waals surface area contributed by atoms with Crippen molar-refractivity contribution in [3.05, 3.63) is 35.5 Å². The minimum absolute atomic E-state index is 0.0758. The van der Waals surface area contributed by atoms with Gasteiger partial charge in [-0.25, -0.2) is 0 Å². The lowest BCUT2D eigenvalue weighted by molar-refractivity contribution is -0.114. The molecule has 0 spiro atoms. The zero-order valence-electron chi connectivity index (χ0n) is 11.5. The molecule has 3 N–H and O–H groups in total. The molecule has 1 heterocycles. The van der Waals surface area contributed by atoms with Crippen molar-refractivity contribution in [2.75, 3.05) is 5.32 Å². The number of carbonyl (C=O) groups excluding carboxylic acids is 1. The summed E-state index contributed by atoms with van der Waals surface area (Å²) in [5.74, 6) is -0.0758. The number of nitrogens with two attached hydrogens (primary N) is 1. The van der Waals surface area contributed by atoms with Gasteiger partial charge in [0.15, 0.2) is 0 Å². The number of rotatable bonds is 3. The third-order valence-corrected chi connectivity index (χ3v) is 2.88. The topological polar surface area (TPSA) is 68.0 Å². The van der Waals surface area contributed by atoms with Gasteiger partial charge >= 0.3 is 0 Å². The highest BCUT2D eigenvalue weighted by Gasteiger charge is 2.07. The Bertz CT molecular complexity index is 620. The van der Waals surface area contributed by atoms with E-state index < -0.39 is 0 Å². The van der Waals surface area contributed by atoms with Crippen LogP contribution in [0.3, 0.4) is 0 Å². The van der Waals surface area contributed by atoms with Crippen LogP contribution < -0.4 is 11.1 Å². The fraction of sp³-hybridized carbons (Fsp3) is 0.333. The standard InChI is InChI=1S/C15H19N3O/c1-9(16)6-12-7-10(2)17-15-5-4-13(8-14(12)15)18-11(3)19/h4-5,7-9H,6,16H2,1-3H3,(H,18,19). The summed E-state index contributed by atoms with van der Waals surface area (Å²) in [7, 11) is 0. The number of hydrogen-bond donors (Lipinski definition) is 2. The van der Waals surface area contributed by atoms with Gasteiger partial charge in [-0.3, -0.25) is 9.78 Å². The lowest BCUT2D eigenvalue weighted by atomic mass is 10.0. The molecule has 0 bridgehead atoms. The van der Waals surface area contributed by atoms with Crippen LogP contribution in [0, 0.1) is 6.92 Å². The summed E-state index contributed by atoms with van der Waals surface area (Å²) in [5, 5.41) is 3.84. The zero-order chi connectivity index (χ0) is 14.0. The van der Waals surface area contributed by atoms with Crippen LogP contribution in [0.15, 0.2) is 24.3 Å². The van der Waals surface area contributed by atoms with Gasteiger partial charge in [0.05, 0.1) is 5.52 Å². The molecule has 4 nitrogen and oxygen atoms in total. The van der Waals surface area contributed by atoms with Crippen molar-refractivity contribution in [3.8, 4) is 0 Å². The third kappa shape index (κ3) is 3.29. The van der Waals surface area contributed by atoms with E-state index in [0.29, 0.717) is 0 Å². The second-order valence-electron chi connectivity index (χ2n) is 5.02. The Morgan fingerprint density at radius 1 is 1.42 bits per heavy atom. The van der Waals surface area contributed by atoms with Crippen LogP contribution >= 0.6 is 0 Å². The Morgan fingerprint density at radius 3 is 2.79 bits per heavy atom. The van der Waals surface area contributed by atoms with Gasteiger partial charge in [0.25, 0.3) is 0 Å². The summed E-state index contributed by atoms with van der Waals surface area (Å²) >= 11 is 0. The molecule has 2 rings (SSSR count). The van der Waals surface area contributed by atoms with Gasteiger partial charge in [-0.15, -0.1) is 0 Å². The average Bonchev–Trinajstić information content (AvgIpc) is 2.28. The van der Waals surface area contributed by atoms with Crippen LogP contribution in [0.4, 0.5) is 5.69 Å². The Hall–Kier alpha value is -1.94. The second-order valence-corrected chi connectivity index (χ2v) is 5.02. The van der Waals surface area contributed by atoms with Crippen LogP contribution in [-0.2, 0) is 11.2 Å². The Labute approximate surface area is 113 Å². The highest BCUT2D eigenvalue weighted by Crippen LogP contribution is 2.23. The van der Waals surface area contributed by atoms with Crippen LogP contribution in [-0.4, -0.2) is 16.9 Å². The van der Waals surface area contributed by atoms with Gasteiger partial charge in [-0.2, -0.15) is 0 Å². The minimum Gasteiger partial charge on any atom is -0.328 e. The monoisotopic (exact) mass is 257 g/mol. The molecule has 0 fully saturated rings. The lowest BCUT2D eigenvalue weighted by Crippen LogP contribution is -2.18. The van der Waals surface area contributed by atoms with Crippen LogP contribution in [0.2, 0.25) is 0 Å². The number of hydrogen-bond acceptors (Lipinski definition) is 3. The predicted molar refractivity (Wildman–Crippen MR) is 78.1 cm³/mol. The van der Waals surface area contributed by atoms with E-state index in [0.717, 1.165) is 28.7 Å². The first kappa shape index (κ1) is 13.5. The molecular weight excluding hydrogens is 238 g/mol. The van der Waals surface area contributed by atoms with Gasteiger partial charge in [0.2, 0.25) is 5.91 Å². The summed E-state index contributed by atoms with van der Waals surface area (Å²) in [4.78, 5) is 15.6. The van der Waals surface area contributed by atoms with E-state index in [9.17, 15) is 4.79 Å². The van der Waals surface area contributed by atoms with Crippen molar-refractivity contribution >= 4 is 22.5 Å². The molecule has 19 heavy (non-hydrogen) atoms. The maximum absolute atomic E-state index is 11.1. The Morgan fingerprint density at radius 2 is 2.16 bits per heavy atom. The van der Waals surface area contributed by atoms with Gasteiger partial charge < -0.3 is 11.1 Å². The molecule has 1 aromatic carbocycles. The minimum atomic E-state index is -0.0758. The maximum Gasteiger partial charge on any atom is 0.221 e. The van der Waals surface area contributed by atoms with Crippen molar-refractivity contribution in [3.63, 3.8) is 0 Å². The molecule has 0 saturated heterocycles. The molecule has 100 valence electrons. The van der Waals surface area contributed by atoms with Crippen molar-refractivity contribution in [2.45, 2.75) is 33.2 Å². The maximum atomic E-state index is 11.1. The fourth-order valence-corrected chi connectivity index (χ4v) is 2.24. The number of carbonyl (C=O) groups is 1. The predicted octanol–water partition coefficient (Wildman–Crippen LogP) is 2.39. The number of anilines is 1. The largest absolute Gasteiger partial charge is 0.328 e. The molecule has 1 amide bonds. The number of fused-ring (bicyclic) bond motifs is 1. The van der Waals surface area contributed by atoms with Crippen molar-refractivity contribution in [2.24, 2.45) is 5.73 Å². The van der Waals surface area contributed by atoms with Crippen molar-refractivity contribution in [1.82, 2.24) is 4.98 Å². The van der Waals surface area contributed by atoms with E-state index in [-0.39, 0.29) is 11.9 Å². The van der Waals surface area contributed by atoms with Crippen molar-refractivity contribution < 1.29 is 4.79 Å². The molecule has 0 aliphatic rings. The molecule has 0 aliphatic carbocycles. The third-order valence-electron chi connectivity index (χ3n) is 2.88. The van der Waals surface area contributed by atoms with Crippen LogP contribution in [0.1, 0.15) is 25.1 Å². The van der Waals surface area contributed by atoms with E-state index in [4.69, 9.17) is 5.73 Å². The SMILES string of the molecule is CC(=O)Nc1ccc2nc(C)cc(CC(C)N)c2c1. The quantitative estimate of drug-likeness (QED) is 0.887. The smallest absolute Gasteiger partial charge is 0.221 e. The highest BCUT2D eigenvalue weighted by atomic mass is 16.1. The number of nitrogens with one attached hydrogen (secondary N) is 1. The molecule has 0 radical (unpaired) electrons. The molecule has 1 atom stereocenters. The van der Waals surface area contributed by atoms with Gasteiger partial charge in [0.1, 0.15) is 0 Å². The molecule has 2 aromatic rings. The number of benzene rings is 1. The van der Waals surface area contributed by atoms with E-state index in [1.807, 2.05) is 32.0 Å². The molecular formula is C15H19N3O. The fourth-order valence-electron chi connectivity index (χ4n) is 2.24. The van der Waals surface area contributed by atoms with Gasteiger partial charge in [-0.1, -0.05) is 0 Å². The van der Waals surface area contributed by atoms with E-state index in [1.54, 1.807) is 0 Å². The Kier molecular flexibility index (Phi) is 3.81. The summed E-state index contributed by atoms with van der Waals surface area (Å²) < 4.78 is 0. The first-order valence-corrected chi connectivity index (χ1v) is 6.39. The molecule has 4 heteroatoms. The summed E-state index contributed by atoms with van der Waals surface area (Å²) in [6, 6.07) is 7.91. The average molecular weight is 257 g/mol. The first-order valence-electron chi connectivity index (χ1n) is 6.39. The number of amides is 1. The highest BCUT2D eigenvalue weighted by molar-refractivity contribution is 5.93. The summed E-state index contributed by atoms with van der Waals surface area (Å²) in [5.41, 5.74) is 9.77. The Balaban J connectivity index is 2.54. The van der Waals surface area contributed by atoms with E-state index >= 15 is 0 Å².